The lowest BCUT2D eigenvalue weighted by Crippen LogP contribution is -2.24. The highest BCUT2D eigenvalue weighted by Gasteiger charge is 2.35. The van der Waals surface area contributed by atoms with Gasteiger partial charge in [0.25, 0.3) is 20.2 Å². The zero-order valence-corrected chi connectivity index (χ0v) is 37.3. The zero-order chi connectivity index (χ0) is 45.0. The summed E-state index contributed by atoms with van der Waals surface area (Å²) in [5, 5.41) is 2.79. The molecule has 0 amide bonds. The van der Waals surface area contributed by atoms with E-state index in [1.165, 1.54) is 19.2 Å². The molecule has 1 aliphatic carbocycles. The van der Waals surface area contributed by atoms with Gasteiger partial charge < -0.3 is 28.7 Å². The first kappa shape index (κ1) is 48.5. The molecule has 5 rings (SSSR count). The van der Waals surface area contributed by atoms with Crippen molar-refractivity contribution in [3.05, 3.63) is 45.8 Å². The molecule has 0 spiro atoms. The first-order valence-corrected chi connectivity index (χ1v) is 25.9. The van der Waals surface area contributed by atoms with E-state index in [9.17, 15) is 42.1 Å². The van der Waals surface area contributed by atoms with E-state index in [1.54, 1.807) is 19.1 Å². The van der Waals surface area contributed by atoms with E-state index in [1.807, 2.05) is 0 Å². The van der Waals surface area contributed by atoms with Crippen LogP contribution < -0.4 is 15.4 Å². The normalized spacial score (nSPS) is 13.9. The Bertz CT molecular complexity index is 2900. The third-order valence-corrected chi connectivity index (χ3v) is 14.3. The standard InChI is InChI=1S/C33H40ClN3O19S5/c1-4-21-26-31(56-29-22(36-26)8-7-20(6-5-12-50-2)32(29)57(38,39)17-15-54-61(48,49)51-3)25(34)27-28(21)55-30-23(37-27)9-10-24(35-11-13-52-18-59(42,43)44)33(30)58(40,41)16-14-53-19-60(45,46)47/h7-10,36H,4-6,11-19H2,1-3H3,(H,42,43,44)(H,45,46,47). The Kier molecular flexibility index (Phi) is 15.4. The van der Waals surface area contributed by atoms with Crippen LogP contribution in [0.3, 0.4) is 0 Å². The second-order valence-electron chi connectivity index (χ2n) is 12.9. The van der Waals surface area contributed by atoms with Gasteiger partial charge in [0.05, 0.1) is 61.7 Å². The third kappa shape index (κ3) is 11.9. The van der Waals surface area contributed by atoms with E-state index in [0.29, 0.717) is 24.2 Å². The highest BCUT2D eigenvalue weighted by molar-refractivity contribution is 7.92. The first-order valence-electron chi connectivity index (χ1n) is 17.7. The quantitative estimate of drug-likeness (QED) is 0.0510. The number of nitrogens with one attached hydrogen (secondary N) is 1. The predicted octanol–water partition coefficient (Wildman–Crippen LogP) is 2.66. The minimum absolute atomic E-state index is 0.0217. The number of hydrogen-bond acceptors (Lipinski definition) is 20. The van der Waals surface area contributed by atoms with Crippen molar-refractivity contribution < 1.29 is 82.9 Å². The predicted molar refractivity (Wildman–Crippen MR) is 216 cm³/mol. The van der Waals surface area contributed by atoms with Crippen LogP contribution in [-0.2, 0) is 85.7 Å². The van der Waals surface area contributed by atoms with Crippen LogP contribution in [0.4, 0.5) is 11.4 Å². The molecular formula is C33H40ClN3O19S5. The molecule has 0 aromatic heterocycles. The molecule has 28 heteroatoms. The van der Waals surface area contributed by atoms with E-state index in [-0.39, 0.29) is 86.7 Å². The molecule has 2 heterocycles. The van der Waals surface area contributed by atoms with Crippen LogP contribution in [0, 0.1) is 0 Å². The minimum atomic E-state index is -4.60. The molecule has 0 atom stereocenters. The number of aromatic nitrogens is 1. The van der Waals surface area contributed by atoms with Crippen molar-refractivity contribution in [3.8, 4) is 23.0 Å². The van der Waals surface area contributed by atoms with Gasteiger partial charge in [-0.05, 0) is 43.0 Å². The lowest BCUT2D eigenvalue weighted by atomic mass is 10.0. The molecule has 2 aliphatic heterocycles. The van der Waals surface area contributed by atoms with Crippen LogP contribution in [0.5, 0.6) is 11.5 Å². The van der Waals surface area contributed by atoms with Crippen molar-refractivity contribution in [1.29, 1.82) is 0 Å². The Morgan fingerprint density at radius 3 is 2.11 bits per heavy atom. The van der Waals surface area contributed by atoms with E-state index >= 15 is 0 Å². The average Bonchev–Trinajstić information content (AvgIpc) is 3.17. The molecular weight excluding hydrogens is 938 g/mol. The molecule has 0 bridgehead atoms. The molecule has 2 aromatic rings. The number of sulfone groups is 2. The Morgan fingerprint density at radius 1 is 0.820 bits per heavy atom. The summed E-state index contributed by atoms with van der Waals surface area (Å²) in [6, 6.07) is 5.74. The number of halogens is 1. The van der Waals surface area contributed by atoms with E-state index in [0.717, 1.165) is 7.11 Å². The first-order chi connectivity index (χ1) is 28.5. The van der Waals surface area contributed by atoms with Gasteiger partial charge in [-0.3, -0.25) is 18.3 Å². The maximum Gasteiger partial charge on any atom is 0.399 e. The summed E-state index contributed by atoms with van der Waals surface area (Å²) < 4.78 is 178. The van der Waals surface area contributed by atoms with Crippen molar-refractivity contribution in [3.63, 3.8) is 0 Å². The van der Waals surface area contributed by atoms with E-state index in [2.05, 4.69) is 23.7 Å². The summed E-state index contributed by atoms with van der Waals surface area (Å²) in [5.41, 5.74) is 0.920. The highest BCUT2D eigenvalue weighted by Crippen LogP contribution is 2.53. The van der Waals surface area contributed by atoms with Gasteiger partial charge in [-0.2, -0.15) is 25.3 Å². The van der Waals surface area contributed by atoms with Gasteiger partial charge in [0, 0.05) is 19.3 Å². The molecule has 0 fully saturated rings. The molecule has 0 unspecified atom stereocenters. The molecule has 338 valence electrons. The maximum absolute atomic E-state index is 14.0. The Labute approximate surface area is 356 Å². The van der Waals surface area contributed by atoms with Gasteiger partial charge >= 0.3 is 10.4 Å². The topological polar surface area (TPSA) is 317 Å². The summed E-state index contributed by atoms with van der Waals surface area (Å²) in [6.45, 7) is -0.111. The maximum atomic E-state index is 14.0. The number of nitrogens with zero attached hydrogens (tertiary/aromatic N) is 2. The van der Waals surface area contributed by atoms with Crippen LogP contribution in [0.15, 0.2) is 43.5 Å². The van der Waals surface area contributed by atoms with Crippen molar-refractivity contribution >= 4 is 84.4 Å². The van der Waals surface area contributed by atoms with E-state index in [4.69, 9.17) is 44.1 Å². The second kappa shape index (κ2) is 19.4. The fourth-order valence-corrected chi connectivity index (χ4v) is 10.4. The number of ether oxygens (including phenoxy) is 4. The lowest BCUT2D eigenvalue weighted by Gasteiger charge is -2.28. The number of rotatable bonds is 22. The number of hydrogen-bond donors (Lipinski definition) is 3. The van der Waals surface area contributed by atoms with Gasteiger partial charge in [0.15, 0.2) is 54.4 Å². The van der Waals surface area contributed by atoms with Gasteiger partial charge in [0.2, 0.25) is 0 Å². The van der Waals surface area contributed by atoms with E-state index < -0.39 is 91.8 Å². The Balaban J connectivity index is 1.67. The molecule has 22 nitrogen and oxygen atoms in total. The summed E-state index contributed by atoms with van der Waals surface area (Å²) >= 11 is 6.98. The summed E-state index contributed by atoms with van der Waals surface area (Å²) in [7, 11) is -20.0. The summed E-state index contributed by atoms with van der Waals surface area (Å²) in [5.74, 6) is -4.40. The van der Waals surface area contributed by atoms with Gasteiger partial charge in [-0.15, -0.1) is 0 Å². The molecule has 2 aromatic carbocycles. The van der Waals surface area contributed by atoms with Gasteiger partial charge in [0.1, 0.15) is 26.0 Å². The lowest BCUT2D eigenvalue weighted by molar-refractivity contribution is 0.178. The fourth-order valence-electron chi connectivity index (χ4n) is 6.07. The van der Waals surface area contributed by atoms with Crippen molar-refractivity contribution in [1.82, 2.24) is 4.98 Å². The molecule has 61 heavy (non-hydrogen) atoms. The zero-order valence-electron chi connectivity index (χ0n) is 32.4. The number of benzene rings is 3. The van der Waals surface area contributed by atoms with Crippen LogP contribution in [-0.4, -0.2) is 127 Å². The van der Waals surface area contributed by atoms with Crippen molar-refractivity contribution in [2.24, 2.45) is 4.99 Å². The SMILES string of the molecule is CCc1c2c(c(Cl)c3nc4ccc(=NCCOCS(=O)(=O)O)c(S(=O)(=O)CCOCS(=O)(=O)O)c-4oc13)Oc1c(ccc(CCCOC)c1S(=O)(=O)CCOS(=O)(=O)OC)N2. The summed E-state index contributed by atoms with van der Waals surface area (Å²) in [6.07, 6.45) is 0.794. The molecule has 3 N–H and O–H groups in total. The number of fused-ring (bicyclic) bond motifs is 4. The largest absolute Gasteiger partial charge is 0.451 e. The van der Waals surface area contributed by atoms with Crippen LogP contribution in [0.2, 0.25) is 5.02 Å². The van der Waals surface area contributed by atoms with Gasteiger partial charge in [-0.25, -0.2) is 26.0 Å². The Morgan fingerprint density at radius 2 is 1.48 bits per heavy atom. The van der Waals surface area contributed by atoms with Crippen LogP contribution in [0.25, 0.3) is 22.6 Å². The molecule has 0 radical (unpaired) electrons. The minimum Gasteiger partial charge on any atom is -0.451 e. The Hall–Kier alpha value is -3.58. The molecule has 0 saturated carbocycles. The number of methoxy groups -OCH3 is 1. The monoisotopic (exact) mass is 977 g/mol. The van der Waals surface area contributed by atoms with Crippen LogP contribution in [0.1, 0.15) is 24.5 Å². The van der Waals surface area contributed by atoms with Gasteiger partial charge in [-0.1, -0.05) is 24.6 Å². The smallest absolute Gasteiger partial charge is 0.399 e. The fraction of sp³-hybridized carbons (Fsp3) is 0.455. The summed E-state index contributed by atoms with van der Waals surface area (Å²) in [4.78, 5) is 8.07. The molecule has 0 saturated heterocycles. The van der Waals surface area contributed by atoms with Crippen LogP contribution >= 0.6 is 11.6 Å². The molecule has 3 aliphatic rings. The van der Waals surface area contributed by atoms with Crippen molar-refractivity contribution in [2.75, 3.05) is 75.9 Å². The number of anilines is 2. The number of aryl methyl sites for hydroxylation is 2. The second-order valence-corrected chi connectivity index (χ2v) is 21.5. The van der Waals surface area contributed by atoms with Crippen molar-refractivity contribution in [2.45, 2.75) is 36.0 Å². The highest BCUT2D eigenvalue weighted by atomic mass is 35.5. The average molecular weight is 978 g/mol. The third-order valence-electron chi connectivity index (χ3n) is 8.62.